The Labute approximate surface area is 150 Å². The van der Waals surface area contributed by atoms with E-state index in [1.807, 2.05) is 35.7 Å². The molecule has 0 radical (unpaired) electrons. The predicted molar refractivity (Wildman–Crippen MR) is 95.2 cm³/mol. The molecule has 1 heterocycles. The van der Waals surface area contributed by atoms with Crippen molar-refractivity contribution in [1.29, 1.82) is 0 Å². The van der Waals surface area contributed by atoms with Crippen LogP contribution < -0.4 is 5.43 Å². The first kappa shape index (κ1) is 17.4. The molecule has 0 fully saturated rings. The number of rotatable bonds is 4. The van der Waals surface area contributed by atoms with Crippen molar-refractivity contribution in [2.75, 3.05) is 5.43 Å². The van der Waals surface area contributed by atoms with Crippen LogP contribution in [0, 0.1) is 0 Å². The maximum atomic E-state index is 13.0. The number of benzene rings is 2. The third-order valence-electron chi connectivity index (χ3n) is 3.26. The average Bonchev–Trinajstić information content (AvgIpc) is 3.05. The number of hydrogen-bond acceptors (Lipinski definition) is 4. The van der Waals surface area contributed by atoms with Crippen LogP contribution in [-0.2, 0) is 6.18 Å². The van der Waals surface area contributed by atoms with E-state index in [4.69, 9.17) is 11.6 Å². The van der Waals surface area contributed by atoms with E-state index < -0.39 is 11.7 Å². The predicted octanol–water partition coefficient (Wildman–Crippen LogP) is 5.93. The second-order valence-electron chi connectivity index (χ2n) is 5.00. The summed E-state index contributed by atoms with van der Waals surface area (Å²) in [5.74, 6) is 0. The molecular weight excluding hydrogens is 371 g/mol. The van der Waals surface area contributed by atoms with Crippen molar-refractivity contribution < 1.29 is 13.2 Å². The van der Waals surface area contributed by atoms with E-state index in [9.17, 15) is 13.2 Å². The van der Waals surface area contributed by atoms with E-state index in [1.165, 1.54) is 23.5 Å². The maximum absolute atomic E-state index is 13.0. The van der Waals surface area contributed by atoms with Crippen molar-refractivity contribution in [2.24, 2.45) is 5.10 Å². The highest BCUT2D eigenvalue weighted by Gasteiger charge is 2.33. The number of hydrazone groups is 1. The van der Waals surface area contributed by atoms with Crippen molar-refractivity contribution in [3.05, 3.63) is 70.1 Å². The number of nitrogens with zero attached hydrogens (tertiary/aromatic N) is 2. The minimum atomic E-state index is -4.51. The lowest BCUT2D eigenvalue weighted by molar-refractivity contribution is -0.137. The molecule has 0 aliphatic rings. The van der Waals surface area contributed by atoms with Crippen LogP contribution in [0.1, 0.15) is 11.1 Å². The molecule has 0 saturated carbocycles. The van der Waals surface area contributed by atoms with E-state index in [1.54, 1.807) is 0 Å². The Morgan fingerprint density at radius 3 is 2.60 bits per heavy atom. The van der Waals surface area contributed by atoms with Gasteiger partial charge in [-0.1, -0.05) is 48.0 Å². The van der Waals surface area contributed by atoms with Gasteiger partial charge in [0.1, 0.15) is 0 Å². The number of halogens is 4. The fraction of sp³-hybridized carbons (Fsp3) is 0.0588. The fourth-order valence-corrected chi connectivity index (χ4v) is 2.95. The molecule has 2 aromatic carbocycles. The molecule has 0 atom stereocenters. The van der Waals surface area contributed by atoms with Gasteiger partial charge in [0.25, 0.3) is 0 Å². The smallest absolute Gasteiger partial charge is 0.253 e. The van der Waals surface area contributed by atoms with Crippen LogP contribution in [0.2, 0.25) is 5.02 Å². The number of nitrogens with one attached hydrogen (secondary N) is 1. The van der Waals surface area contributed by atoms with Gasteiger partial charge in [-0.3, -0.25) is 5.43 Å². The van der Waals surface area contributed by atoms with E-state index >= 15 is 0 Å². The quantitative estimate of drug-likeness (QED) is 0.449. The molecule has 3 nitrogen and oxygen atoms in total. The number of anilines is 1. The summed E-state index contributed by atoms with van der Waals surface area (Å²) in [6.45, 7) is 0. The minimum Gasteiger partial charge on any atom is -0.253 e. The molecule has 1 aromatic heterocycles. The Hall–Kier alpha value is -2.38. The highest BCUT2D eigenvalue weighted by Crippen LogP contribution is 2.33. The first-order valence-corrected chi connectivity index (χ1v) is 8.36. The Bertz CT molecular complexity index is 892. The lowest BCUT2D eigenvalue weighted by atomic mass is 10.1. The van der Waals surface area contributed by atoms with Crippen LogP contribution >= 0.6 is 22.9 Å². The zero-order valence-corrected chi connectivity index (χ0v) is 14.2. The molecule has 128 valence electrons. The SMILES string of the molecule is FC(F)(F)c1cc(Cl)ccc1C=NNc1nc(-c2ccccc2)cs1. The van der Waals surface area contributed by atoms with Crippen LogP contribution in [0.3, 0.4) is 0 Å². The Balaban J connectivity index is 1.76. The van der Waals surface area contributed by atoms with Crippen LogP contribution in [0.25, 0.3) is 11.3 Å². The van der Waals surface area contributed by atoms with Crippen LogP contribution in [0.4, 0.5) is 18.3 Å². The van der Waals surface area contributed by atoms with Gasteiger partial charge in [-0.05, 0) is 12.1 Å². The average molecular weight is 382 g/mol. The zero-order valence-electron chi connectivity index (χ0n) is 12.6. The van der Waals surface area contributed by atoms with Crippen molar-refractivity contribution in [1.82, 2.24) is 4.98 Å². The molecule has 3 aromatic rings. The number of aromatic nitrogens is 1. The molecular formula is C17H11ClF3N3S. The number of thiazole rings is 1. The molecule has 0 spiro atoms. The van der Waals surface area contributed by atoms with E-state index in [0.29, 0.717) is 5.13 Å². The highest BCUT2D eigenvalue weighted by molar-refractivity contribution is 7.14. The molecule has 25 heavy (non-hydrogen) atoms. The van der Waals surface area contributed by atoms with Crippen LogP contribution in [-0.4, -0.2) is 11.2 Å². The van der Waals surface area contributed by atoms with Gasteiger partial charge in [0, 0.05) is 21.5 Å². The monoisotopic (exact) mass is 381 g/mol. The number of hydrogen-bond donors (Lipinski definition) is 1. The van der Waals surface area contributed by atoms with Crippen molar-refractivity contribution in [2.45, 2.75) is 6.18 Å². The van der Waals surface area contributed by atoms with Crippen molar-refractivity contribution >= 4 is 34.3 Å². The largest absolute Gasteiger partial charge is 0.417 e. The lowest BCUT2D eigenvalue weighted by Crippen LogP contribution is -2.09. The van der Waals surface area contributed by atoms with Gasteiger partial charge in [-0.15, -0.1) is 11.3 Å². The van der Waals surface area contributed by atoms with Gasteiger partial charge >= 0.3 is 6.18 Å². The van der Waals surface area contributed by atoms with Crippen molar-refractivity contribution in [3.63, 3.8) is 0 Å². The summed E-state index contributed by atoms with van der Waals surface area (Å²) in [5, 5.41) is 6.20. The summed E-state index contributed by atoms with van der Waals surface area (Å²) in [6.07, 6.45) is -3.41. The Morgan fingerprint density at radius 1 is 1.12 bits per heavy atom. The van der Waals surface area contributed by atoms with E-state index in [-0.39, 0.29) is 10.6 Å². The fourth-order valence-electron chi connectivity index (χ4n) is 2.11. The summed E-state index contributed by atoms with van der Waals surface area (Å²) in [6, 6.07) is 13.1. The van der Waals surface area contributed by atoms with Crippen LogP contribution in [0.5, 0.6) is 0 Å². The minimum absolute atomic E-state index is 0.0184. The first-order valence-electron chi connectivity index (χ1n) is 7.10. The molecule has 0 bridgehead atoms. The van der Waals surface area contributed by atoms with Gasteiger partial charge in [0.05, 0.1) is 17.5 Å². The first-order chi connectivity index (χ1) is 11.9. The molecule has 0 aliphatic heterocycles. The molecule has 1 N–H and O–H groups in total. The third kappa shape index (κ3) is 4.37. The maximum Gasteiger partial charge on any atom is 0.417 e. The van der Waals surface area contributed by atoms with Gasteiger partial charge in [-0.25, -0.2) is 4.98 Å². The van der Waals surface area contributed by atoms with E-state index in [2.05, 4.69) is 15.5 Å². The highest BCUT2D eigenvalue weighted by atomic mass is 35.5. The molecule has 0 aliphatic carbocycles. The molecule has 8 heteroatoms. The van der Waals surface area contributed by atoms with Gasteiger partial charge in [-0.2, -0.15) is 18.3 Å². The third-order valence-corrected chi connectivity index (χ3v) is 4.24. The molecule has 0 unspecified atom stereocenters. The normalized spacial score (nSPS) is 11.8. The number of alkyl halides is 3. The molecule has 0 saturated heterocycles. The molecule has 3 rings (SSSR count). The zero-order chi connectivity index (χ0) is 17.9. The summed E-state index contributed by atoms with van der Waals surface area (Å²) in [4.78, 5) is 4.35. The Kier molecular flexibility index (Phi) is 5.06. The van der Waals surface area contributed by atoms with Gasteiger partial charge in [0.2, 0.25) is 5.13 Å². The van der Waals surface area contributed by atoms with Gasteiger partial charge in [0.15, 0.2) is 0 Å². The Morgan fingerprint density at radius 2 is 1.88 bits per heavy atom. The topological polar surface area (TPSA) is 37.3 Å². The summed E-state index contributed by atoms with van der Waals surface area (Å²) in [7, 11) is 0. The lowest BCUT2D eigenvalue weighted by Gasteiger charge is -2.10. The summed E-state index contributed by atoms with van der Waals surface area (Å²) >= 11 is 6.96. The molecule has 0 amide bonds. The van der Waals surface area contributed by atoms with Gasteiger partial charge < -0.3 is 0 Å². The summed E-state index contributed by atoms with van der Waals surface area (Å²) < 4.78 is 39.1. The van der Waals surface area contributed by atoms with Crippen LogP contribution in [0.15, 0.2) is 59.0 Å². The second-order valence-corrected chi connectivity index (χ2v) is 6.30. The second kappa shape index (κ2) is 7.25. The summed E-state index contributed by atoms with van der Waals surface area (Å²) in [5.41, 5.74) is 3.46. The van der Waals surface area contributed by atoms with Crippen molar-refractivity contribution in [3.8, 4) is 11.3 Å². The van der Waals surface area contributed by atoms with E-state index in [0.717, 1.165) is 23.5 Å². The standard InChI is InChI=1S/C17H11ClF3N3S/c18-13-7-6-12(14(8-13)17(19,20)21)9-22-24-16-23-15(10-25-16)11-4-2-1-3-5-11/h1-10H,(H,23,24).